The maximum Gasteiger partial charge on any atom is 0.229 e. The number of hydrogen-bond acceptors (Lipinski definition) is 4. The van der Waals surface area contributed by atoms with Gasteiger partial charge in [0.15, 0.2) is 0 Å². The number of amides is 2. The largest absolute Gasteiger partial charge is 0.369 e. The molecule has 4 rings (SSSR count). The molecule has 2 heterocycles. The summed E-state index contributed by atoms with van der Waals surface area (Å²) in [6.45, 7) is 9.26. The van der Waals surface area contributed by atoms with Gasteiger partial charge in [0.05, 0.1) is 11.6 Å². The smallest absolute Gasteiger partial charge is 0.229 e. The number of benzene rings is 2. The molecule has 2 aromatic carbocycles. The fraction of sp³-hybridized carbons (Fsp3) is 0.417. The molecule has 170 valence electrons. The number of rotatable bonds is 5. The Labute approximate surface area is 186 Å². The van der Waals surface area contributed by atoms with Gasteiger partial charge in [-0.05, 0) is 49.4 Å². The van der Waals surface area contributed by atoms with Gasteiger partial charge in [-0.25, -0.2) is 8.78 Å². The zero-order chi connectivity index (χ0) is 22.8. The van der Waals surface area contributed by atoms with Crippen molar-refractivity contribution in [3.8, 4) is 0 Å². The molecular weight excluding hydrogens is 414 g/mol. The van der Waals surface area contributed by atoms with E-state index >= 15 is 0 Å². The van der Waals surface area contributed by atoms with Gasteiger partial charge in [0.1, 0.15) is 11.6 Å². The van der Waals surface area contributed by atoms with E-state index in [-0.39, 0.29) is 30.5 Å². The first-order valence-electron chi connectivity index (χ1n) is 11.0. The van der Waals surface area contributed by atoms with Crippen LogP contribution in [0, 0.1) is 24.5 Å². The molecule has 8 heteroatoms. The lowest BCUT2D eigenvalue weighted by molar-refractivity contribution is -0.122. The van der Waals surface area contributed by atoms with Crippen molar-refractivity contribution in [3.63, 3.8) is 0 Å². The van der Waals surface area contributed by atoms with Crippen molar-refractivity contribution in [2.45, 2.75) is 20.3 Å². The van der Waals surface area contributed by atoms with Crippen LogP contribution in [0.5, 0.6) is 0 Å². The summed E-state index contributed by atoms with van der Waals surface area (Å²) < 4.78 is 27.3. The summed E-state index contributed by atoms with van der Waals surface area (Å²) in [6.07, 6.45) is -0.0124. The maximum atomic E-state index is 14.1. The van der Waals surface area contributed by atoms with Crippen molar-refractivity contribution in [3.05, 3.63) is 53.6 Å². The minimum atomic E-state index is -0.814. The molecule has 0 saturated carbocycles. The van der Waals surface area contributed by atoms with Gasteiger partial charge in [-0.2, -0.15) is 0 Å². The summed E-state index contributed by atoms with van der Waals surface area (Å²) in [5.41, 5.74) is 2.77. The standard InChI is InChI=1S/C24H28F2N4O2/c1-3-28-8-10-29(11-9-28)19-5-6-21(16(2)12-19)27-24(32)17-13-23(31)30(15-17)22-7-4-18(25)14-20(22)26/h4-7,12,14,17H,3,8-11,13,15H2,1-2H3,(H,27,32). The SMILES string of the molecule is CCN1CCN(c2ccc(NC(=O)C3CC(=O)N(c4ccc(F)cc4F)C3)c(C)c2)CC1. The number of carbonyl (C=O) groups is 2. The van der Waals surface area contributed by atoms with E-state index in [0.29, 0.717) is 5.69 Å². The fourth-order valence-corrected chi connectivity index (χ4v) is 4.36. The Bertz CT molecular complexity index is 1020. The lowest BCUT2D eigenvalue weighted by atomic mass is 10.1. The highest BCUT2D eigenvalue weighted by Gasteiger charge is 2.36. The Kier molecular flexibility index (Phi) is 6.41. The second-order valence-electron chi connectivity index (χ2n) is 8.41. The number of piperazine rings is 1. The van der Waals surface area contributed by atoms with Crippen LogP contribution < -0.4 is 15.1 Å². The monoisotopic (exact) mass is 442 g/mol. The lowest BCUT2D eigenvalue weighted by Gasteiger charge is -2.35. The van der Waals surface area contributed by atoms with Crippen molar-refractivity contribution in [2.24, 2.45) is 5.92 Å². The van der Waals surface area contributed by atoms with Gasteiger partial charge in [0, 0.05) is 56.6 Å². The Morgan fingerprint density at radius 3 is 2.50 bits per heavy atom. The van der Waals surface area contributed by atoms with Crippen LogP contribution in [0.2, 0.25) is 0 Å². The van der Waals surface area contributed by atoms with Gasteiger partial charge in [-0.1, -0.05) is 6.92 Å². The molecule has 1 N–H and O–H groups in total. The van der Waals surface area contributed by atoms with Gasteiger partial charge in [0.25, 0.3) is 0 Å². The predicted molar refractivity (Wildman–Crippen MR) is 121 cm³/mol. The number of hydrogen-bond donors (Lipinski definition) is 1. The summed E-state index contributed by atoms with van der Waals surface area (Å²) in [5.74, 6) is -2.76. The number of likely N-dealkylation sites (N-methyl/N-ethyl adjacent to an activating group) is 1. The molecule has 1 atom stereocenters. The van der Waals surface area contributed by atoms with E-state index in [9.17, 15) is 18.4 Å². The van der Waals surface area contributed by atoms with Gasteiger partial charge in [-0.15, -0.1) is 0 Å². The molecule has 2 aromatic rings. The Morgan fingerprint density at radius 2 is 1.84 bits per heavy atom. The maximum absolute atomic E-state index is 14.1. The van der Waals surface area contributed by atoms with Crippen LogP contribution in [0.4, 0.5) is 25.8 Å². The molecule has 0 aromatic heterocycles. The number of halogens is 2. The van der Waals surface area contributed by atoms with Crippen LogP contribution in [0.1, 0.15) is 18.9 Å². The van der Waals surface area contributed by atoms with Crippen LogP contribution in [0.3, 0.4) is 0 Å². The molecule has 32 heavy (non-hydrogen) atoms. The molecule has 2 fully saturated rings. The Morgan fingerprint density at radius 1 is 1.09 bits per heavy atom. The normalized spacial score (nSPS) is 19.5. The number of nitrogens with zero attached hydrogens (tertiary/aromatic N) is 3. The molecule has 0 aliphatic carbocycles. The molecule has 0 spiro atoms. The first-order chi connectivity index (χ1) is 15.4. The van der Waals surface area contributed by atoms with E-state index in [1.807, 2.05) is 19.1 Å². The highest BCUT2D eigenvalue weighted by molar-refractivity contribution is 6.03. The third-order valence-electron chi connectivity index (χ3n) is 6.35. The molecule has 0 radical (unpaired) electrons. The zero-order valence-corrected chi connectivity index (χ0v) is 18.4. The highest BCUT2D eigenvalue weighted by Crippen LogP contribution is 2.30. The average molecular weight is 443 g/mol. The first-order valence-corrected chi connectivity index (χ1v) is 11.0. The van der Waals surface area contributed by atoms with Gasteiger partial charge in [0.2, 0.25) is 11.8 Å². The number of aryl methyl sites for hydroxylation is 1. The van der Waals surface area contributed by atoms with Gasteiger partial charge in [-0.3, -0.25) is 9.59 Å². The minimum absolute atomic E-state index is 0.00426. The predicted octanol–water partition coefficient (Wildman–Crippen LogP) is 3.41. The molecule has 2 aliphatic rings. The fourth-order valence-electron chi connectivity index (χ4n) is 4.36. The van der Waals surface area contributed by atoms with E-state index in [1.54, 1.807) is 0 Å². The molecule has 2 aliphatic heterocycles. The van der Waals surface area contributed by atoms with Crippen molar-refractivity contribution in [1.29, 1.82) is 0 Å². The van der Waals surface area contributed by atoms with E-state index in [0.717, 1.165) is 56.1 Å². The van der Waals surface area contributed by atoms with E-state index in [1.165, 1.54) is 11.0 Å². The molecule has 0 bridgehead atoms. The quantitative estimate of drug-likeness (QED) is 0.771. The van der Waals surface area contributed by atoms with Crippen LogP contribution in [-0.4, -0.2) is 56.0 Å². The summed E-state index contributed by atoms with van der Waals surface area (Å²) in [6, 6.07) is 9.03. The highest BCUT2D eigenvalue weighted by atomic mass is 19.1. The number of nitrogens with one attached hydrogen (secondary N) is 1. The van der Waals surface area contributed by atoms with Crippen LogP contribution in [0.15, 0.2) is 36.4 Å². The molecular formula is C24H28F2N4O2. The average Bonchev–Trinajstić information content (AvgIpc) is 3.16. The minimum Gasteiger partial charge on any atom is -0.369 e. The molecule has 6 nitrogen and oxygen atoms in total. The van der Waals surface area contributed by atoms with Crippen LogP contribution >= 0.6 is 0 Å². The van der Waals surface area contributed by atoms with Gasteiger partial charge < -0.3 is 20.0 Å². The second kappa shape index (κ2) is 9.24. The summed E-state index contributed by atoms with van der Waals surface area (Å²) in [7, 11) is 0. The number of anilines is 3. The van der Waals surface area contributed by atoms with Crippen molar-refractivity contribution >= 4 is 28.9 Å². The summed E-state index contributed by atoms with van der Waals surface area (Å²) >= 11 is 0. The third kappa shape index (κ3) is 4.60. The van der Waals surface area contributed by atoms with E-state index < -0.39 is 17.6 Å². The molecule has 2 saturated heterocycles. The van der Waals surface area contributed by atoms with Crippen molar-refractivity contribution in [1.82, 2.24) is 4.90 Å². The van der Waals surface area contributed by atoms with E-state index in [4.69, 9.17) is 0 Å². The zero-order valence-electron chi connectivity index (χ0n) is 18.4. The van der Waals surface area contributed by atoms with Crippen molar-refractivity contribution < 1.29 is 18.4 Å². The van der Waals surface area contributed by atoms with Gasteiger partial charge >= 0.3 is 0 Å². The van der Waals surface area contributed by atoms with Crippen molar-refractivity contribution in [2.75, 3.05) is 54.4 Å². The third-order valence-corrected chi connectivity index (χ3v) is 6.35. The van der Waals surface area contributed by atoms with E-state index in [2.05, 4.69) is 28.1 Å². The summed E-state index contributed by atoms with van der Waals surface area (Å²) in [5, 5.41) is 2.92. The lowest BCUT2D eigenvalue weighted by Crippen LogP contribution is -2.46. The van der Waals surface area contributed by atoms with Crippen LogP contribution in [-0.2, 0) is 9.59 Å². The summed E-state index contributed by atoms with van der Waals surface area (Å²) in [4.78, 5) is 31.2. The second-order valence-corrected chi connectivity index (χ2v) is 8.41. The number of carbonyl (C=O) groups excluding carboxylic acids is 2. The van der Waals surface area contributed by atoms with Crippen LogP contribution in [0.25, 0.3) is 0 Å². The Hall–Kier alpha value is -3.00. The first kappa shape index (κ1) is 22.2. The Balaban J connectivity index is 1.40. The molecule has 2 amide bonds. The molecule has 1 unspecified atom stereocenters. The topological polar surface area (TPSA) is 55.9 Å².